The molecule has 0 unspecified atom stereocenters. The van der Waals surface area contributed by atoms with E-state index in [1.165, 1.54) is 68.6 Å². The number of benzene rings is 3. The Morgan fingerprint density at radius 1 is 0.575 bits per heavy atom. The summed E-state index contributed by atoms with van der Waals surface area (Å²) in [5, 5.41) is 3.93. The second kappa shape index (κ2) is 13.9. The minimum Gasteiger partial charge on any atom is -0.322 e. The maximum Gasteiger partial charge on any atom is 0.0506 e. The van der Waals surface area contributed by atoms with E-state index in [0.29, 0.717) is 12.1 Å². The van der Waals surface area contributed by atoms with E-state index in [2.05, 4.69) is 135 Å². The Kier molecular flexibility index (Phi) is 10.6. The van der Waals surface area contributed by atoms with Crippen molar-refractivity contribution in [2.45, 2.75) is 89.5 Å². The molecule has 0 bridgehead atoms. The molecule has 5 rings (SSSR count). The van der Waals surface area contributed by atoms with Gasteiger partial charge in [-0.15, -0.1) is 0 Å². The Hall–Kier alpha value is -2.50. The molecule has 4 nitrogen and oxygen atoms in total. The second-order valence-electron chi connectivity index (χ2n) is 12.7. The van der Waals surface area contributed by atoms with Gasteiger partial charge in [-0.05, 0) is 103 Å². The number of hydrogen-bond acceptors (Lipinski definition) is 4. The highest BCUT2D eigenvalue weighted by molar-refractivity contribution is 5.26. The largest absolute Gasteiger partial charge is 0.322 e. The van der Waals surface area contributed by atoms with Gasteiger partial charge in [0, 0.05) is 23.2 Å². The topological polar surface area (TPSA) is 44.5 Å². The van der Waals surface area contributed by atoms with Gasteiger partial charge in [-0.1, -0.05) is 91.0 Å². The van der Waals surface area contributed by atoms with E-state index in [-0.39, 0.29) is 17.1 Å². The molecule has 3 aromatic carbocycles. The molecule has 3 N–H and O–H groups in total. The Morgan fingerprint density at radius 3 is 1.40 bits per heavy atom. The van der Waals surface area contributed by atoms with Crippen LogP contribution in [-0.4, -0.2) is 47.1 Å². The van der Waals surface area contributed by atoms with Gasteiger partial charge in [-0.2, -0.15) is 0 Å². The maximum absolute atomic E-state index is 6.41. The molecule has 40 heavy (non-hydrogen) atoms. The smallest absolute Gasteiger partial charge is 0.0506 e. The first-order chi connectivity index (χ1) is 19.2. The summed E-state index contributed by atoms with van der Waals surface area (Å²) >= 11 is 0. The third-order valence-corrected chi connectivity index (χ3v) is 9.32. The predicted molar refractivity (Wildman–Crippen MR) is 170 cm³/mol. The van der Waals surface area contributed by atoms with Crippen LogP contribution < -0.4 is 11.1 Å². The molecule has 2 heterocycles. The SMILES string of the molecule is CC(C)([C@H](N)c1ccccc1)N1CCCC1.C[C@@H](N[C@H](c1ccccc1)C(C)(C)N1CCCC1)c1ccccc1. The van der Waals surface area contributed by atoms with Crippen molar-refractivity contribution in [3.05, 3.63) is 108 Å². The Bertz CT molecular complexity index is 1120. The Labute approximate surface area is 244 Å². The normalized spacial score (nSPS) is 19.1. The monoisotopic (exact) mass is 540 g/mol. The van der Waals surface area contributed by atoms with Gasteiger partial charge in [0.15, 0.2) is 0 Å². The van der Waals surface area contributed by atoms with Crippen molar-refractivity contribution in [3.8, 4) is 0 Å². The highest BCUT2D eigenvalue weighted by Crippen LogP contribution is 2.35. The van der Waals surface area contributed by atoms with Crippen LogP contribution in [0, 0.1) is 0 Å². The lowest BCUT2D eigenvalue weighted by Gasteiger charge is -2.44. The molecule has 0 aliphatic carbocycles. The number of rotatable bonds is 9. The molecule has 2 aliphatic rings. The van der Waals surface area contributed by atoms with Gasteiger partial charge < -0.3 is 11.1 Å². The van der Waals surface area contributed by atoms with Crippen LogP contribution in [0.1, 0.15) is 95.1 Å². The molecule has 3 atom stereocenters. The summed E-state index contributed by atoms with van der Waals surface area (Å²) in [5.41, 5.74) is 10.5. The summed E-state index contributed by atoms with van der Waals surface area (Å²) in [7, 11) is 0. The fraction of sp³-hybridized carbons (Fsp3) is 0.500. The summed E-state index contributed by atoms with van der Waals surface area (Å²) in [6.45, 7) is 16.4. The van der Waals surface area contributed by atoms with Crippen LogP contribution in [0.25, 0.3) is 0 Å². The third-order valence-electron chi connectivity index (χ3n) is 9.32. The average Bonchev–Trinajstić information content (AvgIpc) is 3.73. The van der Waals surface area contributed by atoms with Gasteiger partial charge in [0.05, 0.1) is 6.04 Å². The molecule has 2 saturated heterocycles. The van der Waals surface area contributed by atoms with E-state index in [0.717, 1.165) is 0 Å². The maximum atomic E-state index is 6.41. The van der Waals surface area contributed by atoms with Crippen LogP contribution in [0.15, 0.2) is 91.0 Å². The van der Waals surface area contributed by atoms with Gasteiger partial charge in [-0.3, -0.25) is 9.80 Å². The molecular weight excluding hydrogens is 488 g/mol. The minimum atomic E-state index is 0.0534. The molecule has 3 aromatic rings. The first-order valence-corrected chi connectivity index (χ1v) is 15.4. The van der Waals surface area contributed by atoms with Crippen molar-refractivity contribution in [2.24, 2.45) is 5.73 Å². The number of likely N-dealkylation sites (tertiary alicyclic amines) is 2. The summed E-state index contributed by atoms with van der Waals surface area (Å²) in [5.74, 6) is 0. The fourth-order valence-corrected chi connectivity index (χ4v) is 6.48. The lowest BCUT2D eigenvalue weighted by atomic mass is 9.86. The summed E-state index contributed by atoms with van der Waals surface area (Å²) in [6, 6.07) is 32.8. The molecule has 0 radical (unpaired) electrons. The van der Waals surface area contributed by atoms with Crippen LogP contribution in [0.2, 0.25) is 0 Å². The van der Waals surface area contributed by atoms with E-state index in [4.69, 9.17) is 5.73 Å². The molecule has 2 aliphatic heterocycles. The Morgan fingerprint density at radius 2 is 0.950 bits per heavy atom. The van der Waals surface area contributed by atoms with Gasteiger partial charge in [-0.25, -0.2) is 0 Å². The van der Waals surface area contributed by atoms with E-state index >= 15 is 0 Å². The van der Waals surface area contributed by atoms with Crippen LogP contribution in [0.4, 0.5) is 0 Å². The fourth-order valence-electron chi connectivity index (χ4n) is 6.48. The lowest BCUT2D eigenvalue weighted by Crippen LogP contribution is -2.52. The quantitative estimate of drug-likeness (QED) is 0.295. The van der Waals surface area contributed by atoms with E-state index in [1.54, 1.807) is 0 Å². The van der Waals surface area contributed by atoms with Crippen LogP contribution in [0.3, 0.4) is 0 Å². The second-order valence-corrected chi connectivity index (χ2v) is 12.7. The third kappa shape index (κ3) is 7.41. The molecule has 0 saturated carbocycles. The van der Waals surface area contributed by atoms with E-state index in [9.17, 15) is 0 Å². The number of hydrogen-bond donors (Lipinski definition) is 2. The standard InChI is InChI=1S/C22H30N2.C14H22N2/c1-18(19-12-6-4-7-13-19)23-21(20-14-8-5-9-15-20)22(2,3)24-16-10-11-17-24;1-14(2,16-10-6-7-11-16)13(15)12-8-4-3-5-9-12/h4-9,12-15,18,21,23H,10-11,16-17H2,1-3H3;3-5,8-9,13H,6-7,10-11,15H2,1-2H3/t18-,21-;13-/m11/s1. The van der Waals surface area contributed by atoms with Crippen molar-refractivity contribution in [1.29, 1.82) is 0 Å². The lowest BCUT2D eigenvalue weighted by molar-refractivity contribution is 0.101. The van der Waals surface area contributed by atoms with Crippen LogP contribution in [0.5, 0.6) is 0 Å². The zero-order valence-corrected chi connectivity index (χ0v) is 25.5. The predicted octanol–water partition coefficient (Wildman–Crippen LogP) is 7.51. The molecule has 2 fully saturated rings. The van der Waals surface area contributed by atoms with E-state index < -0.39 is 0 Å². The van der Waals surface area contributed by atoms with Crippen LogP contribution >= 0.6 is 0 Å². The zero-order valence-electron chi connectivity index (χ0n) is 25.5. The summed E-state index contributed by atoms with van der Waals surface area (Å²) in [4.78, 5) is 5.17. The molecule has 0 amide bonds. The highest BCUT2D eigenvalue weighted by Gasteiger charge is 2.38. The van der Waals surface area contributed by atoms with E-state index in [1.807, 2.05) is 6.07 Å². The first-order valence-electron chi connectivity index (χ1n) is 15.4. The number of nitrogens with two attached hydrogens (primary N) is 1. The Balaban J connectivity index is 0.000000201. The highest BCUT2D eigenvalue weighted by atomic mass is 15.2. The number of nitrogens with one attached hydrogen (secondary N) is 1. The van der Waals surface area contributed by atoms with Gasteiger partial charge >= 0.3 is 0 Å². The average molecular weight is 541 g/mol. The van der Waals surface area contributed by atoms with Crippen LogP contribution in [-0.2, 0) is 0 Å². The van der Waals surface area contributed by atoms with Gasteiger partial charge in [0.25, 0.3) is 0 Å². The van der Waals surface area contributed by atoms with Crippen molar-refractivity contribution in [3.63, 3.8) is 0 Å². The summed E-state index contributed by atoms with van der Waals surface area (Å²) < 4.78 is 0. The van der Waals surface area contributed by atoms with Crippen molar-refractivity contribution in [1.82, 2.24) is 15.1 Å². The van der Waals surface area contributed by atoms with Crippen molar-refractivity contribution >= 4 is 0 Å². The molecule has 0 spiro atoms. The van der Waals surface area contributed by atoms with Gasteiger partial charge in [0.1, 0.15) is 0 Å². The molecule has 216 valence electrons. The summed E-state index contributed by atoms with van der Waals surface area (Å²) in [6.07, 6.45) is 5.26. The van der Waals surface area contributed by atoms with Crippen molar-refractivity contribution < 1.29 is 0 Å². The zero-order chi connectivity index (χ0) is 28.6. The first kappa shape index (κ1) is 30.5. The molecular formula is C36H52N4. The molecule has 0 aromatic heterocycles. The number of nitrogens with zero attached hydrogens (tertiary/aromatic N) is 2. The van der Waals surface area contributed by atoms with Gasteiger partial charge in [0.2, 0.25) is 0 Å². The molecule has 4 heteroatoms. The van der Waals surface area contributed by atoms with Crippen molar-refractivity contribution in [2.75, 3.05) is 26.2 Å². The minimum absolute atomic E-state index is 0.0534.